The molecular weight excluding hydrogens is 302 g/mol. The van der Waals surface area contributed by atoms with Crippen molar-refractivity contribution in [3.8, 4) is 0 Å². The normalized spacial score (nSPS) is 11.4. The van der Waals surface area contributed by atoms with Crippen molar-refractivity contribution in [1.82, 2.24) is 4.57 Å². The molecule has 1 heteroatoms. The van der Waals surface area contributed by atoms with E-state index in [1.165, 1.54) is 33.3 Å². The van der Waals surface area contributed by atoms with Crippen molar-refractivity contribution in [2.24, 2.45) is 0 Å². The third-order valence-electron chi connectivity index (χ3n) is 4.55. The van der Waals surface area contributed by atoms with Crippen LogP contribution in [0.2, 0.25) is 0 Å². The lowest BCUT2D eigenvalue weighted by molar-refractivity contribution is 0.828. The second kappa shape index (κ2) is 6.82. The highest BCUT2D eigenvalue weighted by molar-refractivity contribution is 5.85. The third-order valence-corrected chi connectivity index (χ3v) is 4.55. The summed E-state index contributed by atoms with van der Waals surface area (Å²) < 4.78 is 2.38. The van der Waals surface area contributed by atoms with Crippen molar-refractivity contribution in [2.45, 2.75) is 13.5 Å². The molecule has 0 aliphatic rings. The van der Waals surface area contributed by atoms with Crippen LogP contribution >= 0.6 is 0 Å². The lowest BCUT2D eigenvalue weighted by Gasteiger charge is -2.09. The van der Waals surface area contributed by atoms with Gasteiger partial charge in [-0.25, -0.2) is 0 Å². The van der Waals surface area contributed by atoms with E-state index in [0.717, 1.165) is 6.54 Å². The van der Waals surface area contributed by atoms with Gasteiger partial charge in [-0.05, 0) is 36.3 Å². The fraction of sp³-hybridized carbons (Fsp3) is 0.0833. The van der Waals surface area contributed by atoms with Crippen molar-refractivity contribution in [1.29, 1.82) is 0 Å². The number of para-hydroxylation sites is 1. The van der Waals surface area contributed by atoms with Gasteiger partial charge in [-0.1, -0.05) is 84.4 Å². The predicted octanol–water partition coefficient (Wildman–Crippen LogP) is 6.17. The molecule has 1 aromatic heterocycles. The van der Waals surface area contributed by atoms with Gasteiger partial charge in [-0.2, -0.15) is 0 Å². The zero-order valence-electron chi connectivity index (χ0n) is 14.4. The molecule has 0 spiro atoms. The molecule has 0 aliphatic carbocycles. The van der Waals surface area contributed by atoms with Gasteiger partial charge < -0.3 is 4.57 Å². The molecule has 122 valence electrons. The van der Waals surface area contributed by atoms with Crippen LogP contribution in [0.25, 0.3) is 23.1 Å². The van der Waals surface area contributed by atoms with E-state index in [1.807, 2.05) is 0 Å². The van der Waals surface area contributed by atoms with Crippen LogP contribution < -0.4 is 0 Å². The van der Waals surface area contributed by atoms with Gasteiger partial charge in [-0.15, -0.1) is 0 Å². The second-order valence-corrected chi connectivity index (χ2v) is 6.44. The number of hydrogen-bond acceptors (Lipinski definition) is 0. The van der Waals surface area contributed by atoms with Crippen LogP contribution in [0.1, 0.15) is 22.4 Å². The van der Waals surface area contributed by atoms with Crippen molar-refractivity contribution in [3.05, 3.63) is 107 Å². The molecule has 4 rings (SSSR count). The lowest BCUT2D eigenvalue weighted by Crippen LogP contribution is -2.01. The van der Waals surface area contributed by atoms with Gasteiger partial charge in [0, 0.05) is 23.1 Å². The summed E-state index contributed by atoms with van der Waals surface area (Å²) in [5.74, 6) is 0. The van der Waals surface area contributed by atoms with Crippen LogP contribution in [0.15, 0.2) is 84.9 Å². The Kier molecular flexibility index (Phi) is 4.22. The third kappa shape index (κ3) is 3.41. The summed E-state index contributed by atoms with van der Waals surface area (Å²) in [7, 11) is 0. The first-order chi connectivity index (χ1) is 12.3. The molecule has 1 heterocycles. The van der Waals surface area contributed by atoms with E-state index in [0.29, 0.717) is 0 Å². The molecule has 0 N–H and O–H groups in total. The number of benzene rings is 3. The summed E-state index contributed by atoms with van der Waals surface area (Å²) in [6, 6.07) is 30.1. The van der Waals surface area contributed by atoms with Gasteiger partial charge in [0.15, 0.2) is 0 Å². The average Bonchev–Trinajstić information content (AvgIpc) is 3.00. The number of aryl methyl sites for hydroxylation is 1. The minimum atomic E-state index is 0.877. The highest BCUT2D eigenvalue weighted by Gasteiger charge is 2.07. The second-order valence-electron chi connectivity index (χ2n) is 6.44. The number of aromatic nitrogens is 1. The lowest BCUT2D eigenvalue weighted by atomic mass is 10.1. The number of hydrogen-bond donors (Lipinski definition) is 0. The van der Waals surface area contributed by atoms with Crippen LogP contribution in [0, 0.1) is 6.92 Å². The van der Waals surface area contributed by atoms with E-state index in [-0.39, 0.29) is 0 Å². The molecule has 0 saturated carbocycles. The Hall–Kier alpha value is -3.06. The maximum Gasteiger partial charge on any atom is 0.0488 e. The van der Waals surface area contributed by atoms with Gasteiger partial charge in [0.05, 0.1) is 0 Å². The molecule has 1 nitrogen and oxygen atoms in total. The smallest absolute Gasteiger partial charge is 0.0488 e. The minimum absolute atomic E-state index is 0.877. The van der Waals surface area contributed by atoms with Crippen molar-refractivity contribution < 1.29 is 0 Å². The highest BCUT2D eigenvalue weighted by Crippen LogP contribution is 2.23. The monoisotopic (exact) mass is 323 g/mol. The molecular formula is C24H21N. The van der Waals surface area contributed by atoms with Crippen molar-refractivity contribution >= 4 is 23.1 Å². The van der Waals surface area contributed by atoms with Crippen LogP contribution in [0.5, 0.6) is 0 Å². The van der Waals surface area contributed by atoms with Gasteiger partial charge in [0.2, 0.25) is 0 Å². The summed E-state index contributed by atoms with van der Waals surface area (Å²) in [5, 5.41) is 1.28. The summed E-state index contributed by atoms with van der Waals surface area (Å²) in [6.07, 6.45) is 4.41. The summed E-state index contributed by atoms with van der Waals surface area (Å²) in [4.78, 5) is 0. The quantitative estimate of drug-likeness (QED) is 0.423. The Morgan fingerprint density at radius 1 is 0.760 bits per heavy atom. The molecule has 0 unspecified atom stereocenters. The zero-order valence-corrected chi connectivity index (χ0v) is 14.4. The maximum atomic E-state index is 2.38. The van der Waals surface area contributed by atoms with E-state index >= 15 is 0 Å². The summed E-state index contributed by atoms with van der Waals surface area (Å²) in [5.41, 5.74) is 6.33. The average molecular weight is 323 g/mol. The maximum absolute atomic E-state index is 2.38. The molecule has 3 aromatic carbocycles. The topological polar surface area (TPSA) is 4.93 Å². The molecule has 25 heavy (non-hydrogen) atoms. The number of rotatable bonds is 4. The van der Waals surface area contributed by atoms with E-state index in [9.17, 15) is 0 Å². The van der Waals surface area contributed by atoms with Crippen molar-refractivity contribution in [3.63, 3.8) is 0 Å². The standard InChI is InChI=1S/C24H21N/c1-19-11-13-20(14-12-19)15-16-23-17-22-9-5-6-10-24(22)25(23)18-21-7-3-2-4-8-21/h2-17H,18H2,1H3/b16-15+. The van der Waals surface area contributed by atoms with Crippen LogP contribution in [-0.4, -0.2) is 4.57 Å². The highest BCUT2D eigenvalue weighted by atomic mass is 15.0. The summed E-state index contributed by atoms with van der Waals surface area (Å²) in [6.45, 7) is 2.99. The molecule has 0 saturated heterocycles. The number of fused-ring (bicyclic) bond motifs is 1. The van der Waals surface area contributed by atoms with E-state index in [4.69, 9.17) is 0 Å². The first kappa shape index (κ1) is 15.5. The SMILES string of the molecule is Cc1ccc(/C=C/c2cc3ccccc3n2Cc2ccccc2)cc1. The molecule has 0 radical (unpaired) electrons. The zero-order chi connectivity index (χ0) is 17.1. The Morgan fingerprint density at radius 2 is 1.48 bits per heavy atom. The van der Waals surface area contributed by atoms with Crippen LogP contribution in [0.4, 0.5) is 0 Å². The van der Waals surface area contributed by atoms with E-state index in [2.05, 4.69) is 109 Å². The first-order valence-electron chi connectivity index (χ1n) is 8.66. The first-order valence-corrected chi connectivity index (χ1v) is 8.66. The molecule has 0 atom stereocenters. The fourth-order valence-corrected chi connectivity index (χ4v) is 3.17. The molecule has 0 bridgehead atoms. The predicted molar refractivity (Wildman–Crippen MR) is 108 cm³/mol. The Balaban J connectivity index is 1.74. The molecule has 4 aromatic rings. The van der Waals surface area contributed by atoms with Gasteiger partial charge in [0.25, 0.3) is 0 Å². The Morgan fingerprint density at radius 3 is 2.28 bits per heavy atom. The Labute approximate surface area is 148 Å². The molecule has 0 amide bonds. The Bertz CT molecular complexity index is 1010. The van der Waals surface area contributed by atoms with Gasteiger partial charge >= 0.3 is 0 Å². The minimum Gasteiger partial charge on any atom is -0.336 e. The fourth-order valence-electron chi connectivity index (χ4n) is 3.17. The van der Waals surface area contributed by atoms with Crippen molar-refractivity contribution in [2.75, 3.05) is 0 Å². The van der Waals surface area contributed by atoms with E-state index in [1.54, 1.807) is 0 Å². The number of nitrogens with zero attached hydrogens (tertiary/aromatic N) is 1. The molecule has 0 aliphatic heterocycles. The summed E-state index contributed by atoms with van der Waals surface area (Å²) >= 11 is 0. The molecule has 0 fully saturated rings. The van der Waals surface area contributed by atoms with Gasteiger partial charge in [0.1, 0.15) is 0 Å². The van der Waals surface area contributed by atoms with Gasteiger partial charge in [-0.3, -0.25) is 0 Å². The van der Waals surface area contributed by atoms with Crippen LogP contribution in [0.3, 0.4) is 0 Å². The largest absolute Gasteiger partial charge is 0.336 e. The van der Waals surface area contributed by atoms with E-state index < -0.39 is 0 Å². The van der Waals surface area contributed by atoms with Crippen LogP contribution in [-0.2, 0) is 6.54 Å².